The zero-order valence-electron chi connectivity index (χ0n) is 12.2. The highest BCUT2D eigenvalue weighted by atomic mass is 16.2. The lowest BCUT2D eigenvalue weighted by Gasteiger charge is -2.29. The number of hydrogen-bond donors (Lipinski definition) is 2. The number of carbonyl (C=O) groups excluding carboxylic acids is 3. The van der Waals surface area contributed by atoms with Gasteiger partial charge in [0.05, 0.1) is 0 Å². The summed E-state index contributed by atoms with van der Waals surface area (Å²) >= 11 is 0. The van der Waals surface area contributed by atoms with Crippen LogP contribution in [0.4, 0.5) is 0 Å². The molecule has 1 saturated carbocycles. The summed E-state index contributed by atoms with van der Waals surface area (Å²) in [5, 5.41) is 2.80. The fraction of sp³-hybridized carbons (Fsp3) is 0.800. The number of hydrogen-bond acceptors (Lipinski definition) is 3. The zero-order chi connectivity index (χ0) is 15.0. The first-order valence-corrected chi connectivity index (χ1v) is 7.97. The molecular formula is C15H23N3O3. The summed E-state index contributed by atoms with van der Waals surface area (Å²) in [6.45, 7) is 0.615. The van der Waals surface area contributed by atoms with Gasteiger partial charge in [0.2, 0.25) is 17.7 Å². The number of fused-ring (bicyclic) bond motifs is 1. The monoisotopic (exact) mass is 293 g/mol. The van der Waals surface area contributed by atoms with E-state index < -0.39 is 18.0 Å². The van der Waals surface area contributed by atoms with Crippen LogP contribution in [0.1, 0.15) is 44.9 Å². The van der Waals surface area contributed by atoms with Gasteiger partial charge in [0.15, 0.2) is 0 Å². The van der Waals surface area contributed by atoms with Crippen LogP contribution in [0.3, 0.4) is 0 Å². The lowest BCUT2D eigenvalue weighted by atomic mass is 9.93. The second-order valence-electron chi connectivity index (χ2n) is 6.56. The predicted molar refractivity (Wildman–Crippen MR) is 75.9 cm³/mol. The average Bonchev–Trinajstić information content (AvgIpc) is 2.94. The van der Waals surface area contributed by atoms with Crippen LogP contribution in [0.15, 0.2) is 0 Å². The van der Waals surface area contributed by atoms with Crippen molar-refractivity contribution in [1.29, 1.82) is 0 Å². The minimum absolute atomic E-state index is 0.0686. The molecule has 3 fully saturated rings. The van der Waals surface area contributed by atoms with E-state index in [4.69, 9.17) is 5.73 Å². The van der Waals surface area contributed by atoms with E-state index in [9.17, 15) is 14.4 Å². The Hall–Kier alpha value is -1.59. The van der Waals surface area contributed by atoms with Gasteiger partial charge in [-0.15, -0.1) is 0 Å². The summed E-state index contributed by atoms with van der Waals surface area (Å²) in [5.41, 5.74) is 5.55. The van der Waals surface area contributed by atoms with Gasteiger partial charge in [-0.3, -0.25) is 14.4 Å². The summed E-state index contributed by atoms with van der Waals surface area (Å²) < 4.78 is 0. The number of nitrogens with two attached hydrogens (primary N) is 1. The van der Waals surface area contributed by atoms with Crippen molar-refractivity contribution in [3.05, 3.63) is 0 Å². The summed E-state index contributed by atoms with van der Waals surface area (Å²) in [5.74, 6) is 0.0165. The molecule has 3 aliphatic rings. The third-order valence-electron chi connectivity index (χ3n) is 5.24. The molecule has 2 heterocycles. The number of amides is 3. The molecule has 0 bridgehead atoms. The maximum Gasteiger partial charge on any atom is 0.245 e. The van der Waals surface area contributed by atoms with E-state index in [1.807, 2.05) is 0 Å². The Balaban J connectivity index is 1.76. The molecule has 0 aromatic carbocycles. The molecule has 6 heteroatoms. The molecular weight excluding hydrogens is 270 g/mol. The van der Waals surface area contributed by atoms with E-state index in [1.165, 1.54) is 0 Å². The second kappa shape index (κ2) is 5.66. The Morgan fingerprint density at radius 2 is 1.95 bits per heavy atom. The van der Waals surface area contributed by atoms with Crippen molar-refractivity contribution in [1.82, 2.24) is 10.2 Å². The van der Waals surface area contributed by atoms with Crippen molar-refractivity contribution in [3.63, 3.8) is 0 Å². The lowest BCUT2D eigenvalue weighted by Crippen LogP contribution is -2.53. The topological polar surface area (TPSA) is 92.5 Å². The molecule has 6 nitrogen and oxygen atoms in total. The van der Waals surface area contributed by atoms with Crippen LogP contribution in [0.5, 0.6) is 0 Å². The first-order chi connectivity index (χ1) is 10.1. The molecule has 116 valence electrons. The third kappa shape index (κ3) is 2.63. The van der Waals surface area contributed by atoms with E-state index in [2.05, 4.69) is 5.32 Å². The van der Waals surface area contributed by atoms with Gasteiger partial charge in [0, 0.05) is 13.0 Å². The van der Waals surface area contributed by atoms with E-state index in [0.29, 0.717) is 25.3 Å². The molecule has 4 atom stereocenters. The largest absolute Gasteiger partial charge is 0.368 e. The van der Waals surface area contributed by atoms with Crippen molar-refractivity contribution < 1.29 is 14.4 Å². The maximum atomic E-state index is 12.7. The first-order valence-electron chi connectivity index (χ1n) is 7.97. The lowest BCUT2D eigenvalue weighted by molar-refractivity contribution is -0.141. The Morgan fingerprint density at radius 3 is 2.71 bits per heavy atom. The van der Waals surface area contributed by atoms with E-state index in [0.717, 1.165) is 32.1 Å². The van der Waals surface area contributed by atoms with Crippen LogP contribution in [0, 0.1) is 11.8 Å². The molecule has 21 heavy (non-hydrogen) atoms. The molecule has 0 unspecified atom stereocenters. The number of rotatable bonds is 2. The Kier molecular flexibility index (Phi) is 3.87. The summed E-state index contributed by atoms with van der Waals surface area (Å²) in [6, 6.07) is -0.967. The number of nitrogens with zero attached hydrogens (tertiary/aromatic N) is 1. The van der Waals surface area contributed by atoms with Gasteiger partial charge in [-0.1, -0.05) is 12.8 Å². The normalized spacial score (nSPS) is 36.0. The fourth-order valence-electron chi connectivity index (χ4n) is 4.25. The quantitative estimate of drug-likeness (QED) is 0.759. The molecule has 3 amide bonds. The minimum atomic E-state index is -0.485. The maximum absolute atomic E-state index is 12.7. The summed E-state index contributed by atoms with van der Waals surface area (Å²) in [7, 11) is 0. The predicted octanol–water partition coefficient (Wildman–Crippen LogP) is 0.158. The molecule has 2 saturated heterocycles. The Morgan fingerprint density at radius 1 is 1.14 bits per heavy atom. The van der Waals surface area contributed by atoms with E-state index in [1.54, 1.807) is 4.90 Å². The molecule has 0 radical (unpaired) electrons. The average molecular weight is 293 g/mol. The van der Waals surface area contributed by atoms with Crippen LogP contribution in [0.2, 0.25) is 0 Å². The van der Waals surface area contributed by atoms with Crippen molar-refractivity contribution >= 4 is 17.7 Å². The highest BCUT2D eigenvalue weighted by Gasteiger charge is 2.49. The molecule has 0 spiro atoms. The zero-order valence-corrected chi connectivity index (χ0v) is 12.2. The van der Waals surface area contributed by atoms with Crippen LogP contribution >= 0.6 is 0 Å². The van der Waals surface area contributed by atoms with Crippen molar-refractivity contribution in [2.75, 3.05) is 6.54 Å². The van der Waals surface area contributed by atoms with Gasteiger partial charge < -0.3 is 16.0 Å². The SMILES string of the molecule is NC(=O)[C@@H]1[C@@H]2CCC[C@H]2CN1C(=O)[C@@H]1CCCCC(=O)N1. The highest BCUT2D eigenvalue weighted by molar-refractivity contribution is 5.92. The van der Waals surface area contributed by atoms with Crippen LogP contribution in [0.25, 0.3) is 0 Å². The molecule has 3 rings (SSSR count). The van der Waals surface area contributed by atoms with Gasteiger partial charge in [-0.05, 0) is 37.5 Å². The molecule has 0 aromatic heterocycles. The number of nitrogens with one attached hydrogen (secondary N) is 1. The standard InChI is InChI=1S/C15H23N3O3/c16-14(20)13-10-5-3-4-9(10)8-18(13)15(21)11-6-1-2-7-12(19)17-11/h9-11,13H,1-8H2,(H2,16,20)(H,17,19)/t9-,10+,11-,13-/m0/s1. The van der Waals surface area contributed by atoms with Crippen LogP contribution < -0.4 is 11.1 Å². The van der Waals surface area contributed by atoms with Crippen LogP contribution in [-0.2, 0) is 14.4 Å². The third-order valence-corrected chi connectivity index (χ3v) is 5.24. The van der Waals surface area contributed by atoms with E-state index >= 15 is 0 Å². The van der Waals surface area contributed by atoms with Gasteiger partial charge in [-0.2, -0.15) is 0 Å². The van der Waals surface area contributed by atoms with E-state index in [-0.39, 0.29) is 17.7 Å². The Labute approximate surface area is 124 Å². The number of likely N-dealkylation sites (tertiary alicyclic amines) is 1. The number of carbonyl (C=O) groups is 3. The fourth-order valence-corrected chi connectivity index (χ4v) is 4.25. The summed E-state index contributed by atoms with van der Waals surface area (Å²) in [4.78, 5) is 37.9. The van der Waals surface area contributed by atoms with Gasteiger partial charge in [-0.25, -0.2) is 0 Å². The highest BCUT2D eigenvalue weighted by Crippen LogP contribution is 2.42. The summed E-state index contributed by atoms with van der Waals surface area (Å²) in [6.07, 6.45) is 5.96. The minimum Gasteiger partial charge on any atom is -0.368 e. The number of primary amides is 1. The van der Waals surface area contributed by atoms with Crippen molar-refractivity contribution in [3.8, 4) is 0 Å². The first kappa shape index (κ1) is 14.4. The molecule has 2 aliphatic heterocycles. The molecule has 0 aromatic rings. The van der Waals surface area contributed by atoms with Crippen molar-refractivity contribution in [2.24, 2.45) is 17.6 Å². The second-order valence-corrected chi connectivity index (χ2v) is 6.56. The van der Waals surface area contributed by atoms with Crippen LogP contribution in [-0.4, -0.2) is 41.2 Å². The smallest absolute Gasteiger partial charge is 0.245 e. The van der Waals surface area contributed by atoms with Gasteiger partial charge in [0.1, 0.15) is 12.1 Å². The molecule has 1 aliphatic carbocycles. The molecule has 3 N–H and O–H groups in total. The Bertz CT molecular complexity index is 465. The van der Waals surface area contributed by atoms with Gasteiger partial charge in [0.25, 0.3) is 0 Å². The van der Waals surface area contributed by atoms with Gasteiger partial charge >= 0.3 is 0 Å². The van der Waals surface area contributed by atoms with Crippen molar-refractivity contribution in [2.45, 2.75) is 57.0 Å².